The summed E-state index contributed by atoms with van der Waals surface area (Å²) in [5.74, 6) is -0.781. The Kier molecular flexibility index (Phi) is 4.53. The zero-order valence-electron chi connectivity index (χ0n) is 13.7. The molecule has 0 spiro atoms. The van der Waals surface area contributed by atoms with Crippen LogP contribution in [0.1, 0.15) is 50.4 Å². The molecular weight excluding hydrogens is 288 g/mol. The van der Waals surface area contributed by atoms with Crippen LogP contribution in [0.2, 0.25) is 0 Å². The van der Waals surface area contributed by atoms with E-state index >= 15 is 0 Å². The molecule has 0 saturated carbocycles. The summed E-state index contributed by atoms with van der Waals surface area (Å²) in [6.07, 6.45) is 5.82. The van der Waals surface area contributed by atoms with Gasteiger partial charge in [0.25, 0.3) is 0 Å². The number of allylic oxidation sites excluding steroid dienone is 1. The summed E-state index contributed by atoms with van der Waals surface area (Å²) in [5, 5.41) is 14.0. The zero-order valence-corrected chi connectivity index (χ0v) is 13.7. The molecule has 3 N–H and O–H groups in total. The van der Waals surface area contributed by atoms with Crippen molar-refractivity contribution in [3.63, 3.8) is 0 Å². The van der Waals surface area contributed by atoms with Gasteiger partial charge in [-0.05, 0) is 24.5 Å². The van der Waals surface area contributed by atoms with E-state index < -0.39 is 12.0 Å². The second kappa shape index (κ2) is 6.59. The third kappa shape index (κ3) is 2.91. The third-order valence-electron chi connectivity index (χ3n) is 4.68. The lowest BCUT2D eigenvalue weighted by atomic mass is 9.89. The molecule has 0 amide bonds. The van der Waals surface area contributed by atoms with E-state index in [1.807, 2.05) is 12.1 Å². The van der Waals surface area contributed by atoms with Gasteiger partial charge in [-0.3, -0.25) is 10.1 Å². The molecule has 1 aromatic heterocycles. The second-order valence-corrected chi connectivity index (χ2v) is 6.18. The first kappa shape index (κ1) is 15.8. The van der Waals surface area contributed by atoms with Gasteiger partial charge in [0.15, 0.2) is 0 Å². The number of rotatable bonds is 5. The molecule has 4 heteroatoms. The predicted octanol–water partition coefficient (Wildman–Crippen LogP) is 3.94. The molecule has 0 saturated heterocycles. The number of fused-ring (bicyclic) bond motifs is 3. The van der Waals surface area contributed by atoms with Crippen molar-refractivity contribution in [1.82, 2.24) is 10.3 Å². The molecule has 1 aromatic carbocycles. The van der Waals surface area contributed by atoms with Crippen LogP contribution >= 0.6 is 0 Å². The lowest BCUT2D eigenvalue weighted by Crippen LogP contribution is -2.45. The number of para-hydroxylation sites is 1. The molecule has 0 aliphatic carbocycles. The van der Waals surface area contributed by atoms with Gasteiger partial charge in [-0.2, -0.15) is 0 Å². The fourth-order valence-electron chi connectivity index (χ4n) is 3.48. The quantitative estimate of drug-likeness (QED) is 0.733. The van der Waals surface area contributed by atoms with E-state index in [-0.39, 0.29) is 6.04 Å². The van der Waals surface area contributed by atoms with Gasteiger partial charge < -0.3 is 10.1 Å². The number of aromatic nitrogens is 1. The molecule has 0 fully saturated rings. The average molecular weight is 312 g/mol. The SMILES string of the molecule is CCC/C=C(/CC)C1NC(C(=O)O)Cc2c1[nH]c1ccccc21. The van der Waals surface area contributed by atoms with Gasteiger partial charge in [-0.15, -0.1) is 0 Å². The van der Waals surface area contributed by atoms with Crippen molar-refractivity contribution in [2.45, 2.75) is 51.6 Å². The maximum absolute atomic E-state index is 11.6. The number of aliphatic carboxylic acids is 1. The molecule has 1 aliphatic heterocycles. The van der Waals surface area contributed by atoms with Gasteiger partial charge in [-0.1, -0.05) is 50.1 Å². The topological polar surface area (TPSA) is 65.1 Å². The van der Waals surface area contributed by atoms with Crippen LogP contribution < -0.4 is 5.32 Å². The summed E-state index contributed by atoms with van der Waals surface area (Å²) in [7, 11) is 0. The number of benzene rings is 1. The largest absolute Gasteiger partial charge is 0.480 e. The van der Waals surface area contributed by atoms with E-state index in [0.29, 0.717) is 6.42 Å². The fourth-order valence-corrected chi connectivity index (χ4v) is 3.48. The van der Waals surface area contributed by atoms with Crippen LogP contribution in [-0.4, -0.2) is 22.1 Å². The number of carboxylic acids is 1. The second-order valence-electron chi connectivity index (χ2n) is 6.18. The summed E-state index contributed by atoms with van der Waals surface area (Å²) in [5.41, 5.74) is 4.63. The smallest absolute Gasteiger partial charge is 0.321 e. The van der Waals surface area contributed by atoms with E-state index in [4.69, 9.17) is 0 Å². The summed E-state index contributed by atoms with van der Waals surface area (Å²) in [4.78, 5) is 15.1. The Bertz CT molecular complexity index is 745. The van der Waals surface area contributed by atoms with Gasteiger partial charge in [-0.25, -0.2) is 0 Å². The van der Waals surface area contributed by atoms with Crippen molar-refractivity contribution in [3.05, 3.63) is 47.2 Å². The highest BCUT2D eigenvalue weighted by molar-refractivity contribution is 5.87. The van der Waals surface area contributed by atoms with E-state index in [9.17, 15) is 9.90 Å². The molecule has 0 radical (unpaired) electrons. The molecule has 2 aromatic rings. The van der Waals surface area contributed by atoms with E-state index in [1.54, 1.807) is 0 Å². The monoisotopic (exact) mass is 312 g/mol. The van der Waals surface area contributed by atoms with Gasteiger partial charge in [0, 0.05) is 23.0 Å². The van der Waals surface area contributed by atoms with Gasteiger partial charge in [0.05, 0.1) is 6.04 Å². The molecule has 23 heavy (non-hydrogen) atoms. The average Bonchev–Trinajstić information content (AvgIpc) is 2.94. The first-order valence-electron chi connectivity index (χ1n) is 8.42. The molecule has 2 atom stereocenters. The highest BCUT2D eigenvalue weighted by Crippen LogP contribution is 2.36. The highest BCUT2D eigenvalue weighted by atomic mass is 16.4. The van der Waals surface area contributed by atoms with Crippen molar-refractivity contribution in [3.8, 4) is 0 Å². The summed E-state index contributed by atoms with van der Waals surface area (Å²) >= 11 is 0. The Morgan fingerprint density at radius 1 is 1.35 bits per heavy atom. The minimum Gasteiger partial charge on any atom is -0.480 e. The lowest BCUT2D eigenvalue weighted by Gasteiger charge is -2.31. The van der Waals surface area contributed by atoms with Crippen LogP contribution in [-0.2, 0) is 11.2 Å². The maximum atomic E-state index is 11.6. The zero-order chi connectivity index (χ0) is 16.4. The number of carbonyl (C=O) groups is 1. The summed E-state index contributed by atoms with van der Waals surface area (Å²) in [6, 6.07) is 7.58. The van der Waals surface area contributed by atoms with Gasteiger partial charge in [0.2, 0.25) is 0 Å². The van der Waals surface area contributed by atoms with Crippen LogP contribution in [0.15, 0.2) is 35.9 Å². The molecule has 0 bridgehead atoms. The van der Waals surface area contributed by atoms with Crippen molar-refractivity contribution in [1.29, 1.82) is 0 Å². The number of aromatic amines is 1. The normalized spacial score (nSPS) is 21.4. The third-order valence-corrected chi connectivity index (χ3v) is 4.68. The van der Waals surface area contributed by atoms with Crippen LogP contribution in [0.3, 0.4) is 0 Å². The standard InChI is InChI=1S/C19H24N2O2/c1-3-5-8-12(4-2)17-18-14(11-16(21-17)19(22)23)13-9-6-7-10-15(13)20-18/h6-10,16-17,20-21H,3-5,11H2,1-2H3,(H,22,23)/b12-8-. The van der Waals surface area contributed by atoms with E-state index in [1.165, 1.54) is 5.57 Å². The number of hydrogen-bond donors (Lipinski definition) is 3. The van der Waals surface area contributed by atoms with E-state index in [2.05, 4.69) is 42.4 Å². The van der Waals surface area contributed by atoms with Crippen LogP contribution in [0.5, 0.6) is 0 Å². The Morgan fingerprint density at radius 2 is 2.13 bits per heavy atom. The Labute approximate surface area is 136 Å². The lowest BCUT2D eigenvalue weighted by molar-refractivity contribution is -0.139. The number of hydrogen-bond acceptors (Lipinski definition) is 2. The summed E-state index contributed by atoms with van der Waals surface area (Å²) < 4.78 is 0. The van der Waals surface area contributed by atoms with Crippen molar-refractivity contribution in [2.75, 3.05) is 0 Å². The predicted molar refractivity (Wildman–Crippen MR) is 92.6 cm³/mol. The Hall–Kier alpha value is -2.07. The molecule has 122 valence electrons. The fraction of sp³-hybridized carbons (Fsp3) is 0.421. The van der Waals surface area contributed by atoms with Crippen molar-refractivity contribution in [2.24, 2.45) is 0 Å². The number of nitrogens with one attached hydrogen (secondary N) is 2. The Morgan fingerprint density at radius 3 is 2.83 bits per heavy atom. The van der Waals surface area contributed by atoms with Crippen molar-refractivity contribution >= 4 is 16.9 Å². The molecule has 4 nitrogen and oxygen atoms in total. The maximum Gasteiger partial charge on any atom is 0.321 e. The number of unbranched alkanes of at least 4 members (excludes halogenated alkanes) is 1. The molecule has 1 aliphatic rings. The first-order valence-corrected chi connectivity index (χ1v) is 8.42. The highest BCUT2D eigenvalue weighted by Gasteiger charge is 2.34. The molecular formula is C19H24N2O2. The molecule has 2 heterocycles. The minimum atomic E-state index is -0.781. The van der Waals surface area contributed by atoms with Crippen LogP contribution in [0, 0.1) is 0 Å². The minimum absolute atomic E-state index is 0.0381. The van der Waals surface area contributed by atoms with Crippen molar-refractivity contribution < 1.29 is 9.90 Å². The van der Waals surface area contributed by atoms with Gasteiger partial charge >= 0.3 is 5.97 Å². The Balaban J connectivity index is 2.11. The summed E-state index contributed by atoms with van der Waals surface area (Å²) in [6.45, 7) is 4.29. The molecule has 3 rings (SSSR count). The van der Waals surface area contributed by atoms with E-state index in [0.717, 1.165) is 41.4 Å². The first-order chi connectivity index (χ1) is 11.2. The van der Waals surface area contributed by atoms with Crippen LogP contribution in [0.25, 0.3) is 10.9 Å². The van der Waals surface area contributed by atoms with Crippen LogP contribution in [0.4, 0.5) is 0 Å². The van der Waals surface area contributed by atoms with Gasteiger partial charge in [0.1, 0.15) is 6.04 Å². The molecule has 2 unspecified atom stereocenters. The number of H-pyrrole nitrogens is 1. The number of carboxylic acid groups (broad SMARTS) is 1.